The zero-order valence-corrected chi connectivity index (χ0v) is 25.2. The summed E-state index contributed by atoms with van der Waals surface area (Å²) in [6, 6.07) is 50.9. The van der Waals surface area contributed by atoms with Crippen molar-refractivity contribution < 1.29 is 4.74 Å². The first kappa shape index (κ1) is 28.9. The van der Waals surface area contributed by atoms with Crippen LogP contribution in [-0.2, 0) is 5.16 Å². The van der Waals surface area contributed by atoms with Crippen LogP contribution in [0.1, 0.15) is 18.1 Å². The van der Waals surface area contributed by atoms with Gasteiger partial charge in [0, 0.05) is 12.4 Å². The highest BCUT2D eigenvalue weighted by molar-refractivity contribution is 6.84. The molecule has 0 atom stereocenters. The fourth-order valence-electron chi connectivity index (χ4n) is 5.20. The predicted octanol–water partition coefficient (Wildman–Crippen LogP) is 5.99. The molecular formula is C37H35BN2OSi. The number of hydrogen-bond acceptors (Lipinski definition) is 2. The van der Waals surface area contributed by atoms with Crippen LogP contribution in [0.15, 0.2) is 164 Å². The lowest BCUT2D eigenvalue weighted by Crippen LogP contribution is -2.46. The van der Waals surface area contributed by atoms with E-state index in [9.17, 15) is 0 Å². The van der Waals surface area contributed by atoms with Gasteiger partial charge in [0.25, 0.3) is 0 Å². The third-order valence-corrected chi connectivity index (χ3v) is 9.14. The molecule has 0 N–H and O–H groups in total. The van der Waals surface area contributed by atoms with Crippen molar-refractivity contribution in [2.75, 3.05) is 6.61 Å². The van der Waals surface area contributed by atoms with Crippen LogP contribution < -0.4 is 20.8 Å². The summed E-state index contributed by atoms with van der Waals surface area (Å²) >= 11 is 0. The second-order valence-corrected chi connectivity index (χ2v) is 11.6. The van der Waals surface area contributed by atoms with E-state index >= 15 is 0 Å². The van der Waals surface area contributed by atoms with E-state index in [1.165, 1.54) is 27.2 Å². The van der Waals surface area contributed by atoms with Gasteiger partial charge in [-0.3, -0.25) is 0 Å². The third-order valence-electron chi connectivity index (χ3n) is 7.34. The standard InChI is InChI=1S/C24H22N2OSi.C13H13B/c1-2-27-22-14-9-15-23(18-22)28-24(26-17-16-25-19-26,20-10-5-3-6-11-20)21-12-7-4-8-13-21;1-14(12-8-4-2-5-9-12)13-10-6-3-7-11-13/h3-19H,2H2,1H3;2-11H,1H3. The molecule has 5 aromatic carbocycles. The van der Waals surface area contributed by atoms with Crippen molar-refractivity contribution in [2.24, 2.45) is 0 Å². The summed E-state index contributed by atoms with van der Waals surface area (Å²) in [6.07, 6.45) is 5.82. The first-order valence-electron chi connectivity index (χ1n) is 14.4. The molecular weight excluding hydrogens is 527 g/mol. The van der Waals surface area contributed by atoms with Gasteiger partial charge in [0.1, 0.15) is 15.3 Å². The molecule has 1 heterocycles. The Morgan fingerprint density at radius 3 is 1.69 bits per heavy atom. The molecule has 0 fully saturated rings. The van der Waals surface area contributed by atoms with Gasteiger partial charge in [-0.25, -0.2) is 4.98 Å². The fraction of sp³-hybridized carbons (Fsp3) is 0.108. The Hall–Kier alpha value is -4.61. The quantitative estimate of drug-likeness (QED) is 0.203. The molecule has 6 aromatic rings. The van der Waals surface area contributed by atoms with Crippen molar-refractivity contribution in [1.29, 1.82) is 0 Å². The SMILES string of the molecule is CB(c1ccccc1)c1ccccc1.CCOc1cccc([Si]C(c2ccccc2)(c2ccccc2)n2ccnc2)c1. The van der Waals surface area contributed by atoms with Gasteiger partial charge >= 0.3 is 0 Å². The van der Waals surface area contributed by atoms with Crippen molar-refractivity contribution in [2.45, 2.75) is 18.9 Å². The van der Waals surface area contributed by atoms with E-state index in [4.69, 9.17) is 4.74 Å². The molecule has 0 aliphatic rings. The van der Waals surface area contributed by atoms with Crippen molar-refractivity contribution in [3.8, 4) is 5.75 Å². The van der Waals surface area contributed by atoms with E-state index in [1.54, 1.807) is 0 Å². The normalized spacial score (nSPS) is 10.8. The maximum absolute atomic E-state index is 5.75. The second-order valence-electron chi connectivity index (χ2n) is 10.0. The Morgan fingerprint density at radius 2 is 1.21 bits per heavy atom. The van der Waals surface area contributed by atoms with E-state index in [0.29, 0.717) is 22.8 Å². The van der Waals surface area contributed by atoms with Crippen LogP contribution >= 0.6 is 0 Å². The lowest BCUT2D eigenvalue weighted by Gasteiger charge is -2.36. The summed E-state index contributed by atoms with van der Waals surface area (Å²) in [5.41, 5.74) is 5.22. The van der Waals surface area contributed by atoms with Crippen LogP contribution in [0.4, 0.5) is 0 Å². The minimum Gasteiger partial charge on any atom is -0.494 e. The Bertz CT molecular complexity index is 1530. The topological polar surface area (TPSA) is 27.1 Å². The van der Waals surface area contributed by atoms with Gasteiger partial charge in [-0.2, -0.15) is 0 Å². The molecule has 0 spiro atoms. The summed E-state index contributed by atoms with van der Waals surface area (Å²) < 4.78 is 7.97. The van der Waals surface area contributed by atoms with Crippen LogP contribution in [-0.4, -0.2) is 32.4 Å². The van der Waals surface area contributed by atoms with Crippen LogP contribution in [0.25, 0.3) is 0 Å². The van der Waals surface area contributed by atoms with Crippen molar-refractivity contribution in [3.05, 3.63) is 175 Å². The van der Waals surface area contributed by atoms with Gasteiger partial charge < -0.3 is 9.30 Å². The lowest BCUT2D eigenvalue weighted by atomic mass is 9.43. The van der Waals surface area contributed by atoms with Crippen LogP contribution in [0.3, 0.4) is 0 Å². The van der Waals surface area contributed by atoms with Crippen molar-refractivity contribution >= 4 is 32.3 Å². The molecule has 3 nitrogen and oxygen atoms in total. The monoisotopic (exact) mass is 562 g/mol. The Balaban J connectivity index is 0.000000211. The number of aromatic nitrogens is 2. The highest BCUT2D eigenvalue weighted by atomic mass is 28.2. The van der Waals surface area contributed by atoms with E-state index in [1.807, 2.05) is 25.5 Å². The summed E-state index contributed by atoms with van der Waals surface area (Å²) in [4.78, 5) is 4.37. The van der Waals surface area contributed by atoms with Gasteiger partial charge in [0.05, 0.1) is 18.1 Å². The van der Waals surface area contributed by atoms with Gasteiger partial charge in [-0.05, 0) is 30.2 Å². The number of benzene rings is 5. The zero-order chi connectivity index (χ0) is 29.0. The van der Waals surface area contributed by atoms with Crippen LogP contribution in [0.5, 0.6) is 5.75 Å². The Kier molecular flexibility index (Phi) is 9.86. The molecule has 0 saturated carbocycles. The lowest BCUT2D eigenvalue weighted by molar-refractivity contribution is 0.340. The molecule has 5 heteroatoms. The smallest absolute Gasteiger partial charge is 0.206 e. The van der Waals surface area contributed by atoms with Crippen molar-refractivity contribution in [1.82, 2.24) is 9.55 Å². The van der Waals surface area contributed by atoms with E-state index < -0.39 is 0 Å². The molecule has 2 radical (unpaired) electrons. The molecule has 42 heavy (non-hydrogen) atoms. The fourth-order valence-corrected chi connectivity index (χ4v) is 6.90. The highest BCUT2D eigenvalue weighted by Gasteiger charge is 2.37. The Labute approximate surface area is 252 Å². The number of rotatable bonds is 9. The molecule has 206 valence electrons. The number of imidazole rings is 1. The third kappa shape index (κ3) is 6.81. The average molecular weight is 563 g/mol. The highest BCUT2D eigenvalue weighted by Crippen LogP contribution is 2.33. The minimum atomic E-state index is -0.371. The molecule has 0 unspecified atom stereocenters. The minimum absolute atomic E-state index is 0.371. The van der Waals surface area contributed by atoms with E-state index in [-0.39, 0.29) is 5.16 Å². The molecule has 0 aliphatic carbocycles. The Morgan fingerprint density at radius 1 is 0.690 bits per heavy atom. The summed E-state index contributed by atoms with van der Waals surface area (Å²) in [5, 5.41) is 0.872. The number of hydrogen-bond donors (Lipinski definition) is 0. The molecule has 0 aliphatic heterocycles. The molecule has 0 saturated heterocycles. The summed E-state index contributed by atoms with van der Waals surface area (Å²) in [5.74, 6) is 0.910. The average Bonchev–Trinajstić information content (AvgIpc) is 3.61. The van der Waals surface area contributed by atoms with Crippen molar-refractivity contribution in [3.63, 3.8) is 0 Å². The molecule has 0 bridgehead atoms. The predicted molar refractivity (Wildman–Crippen MR) is 178 cm³/mol. The van der Waals surface area contributed by atoms with Gasteiger partial charge in [-0.1, -0.05) is 156 Å². The van der Waals surface area contributed by atoms with E-state index in [0.717, 1.165) is 5.75 Å². The zero-order valence-electron chi connectivity index (χ0n) is 24.2. The van der Waals surface area contributed by atoms with Gasteiger partial charge in [0.15, 0.2) is 0 Å². The number of nitrogens with zero attached hydrogens (tertiary/aromatic N) is 2. The summed E-state index contributed by atoms with van der Waals surface area (Å²) in [6.45, 7) is 5.40. The van der Waals surface area contributed by atoms with E-state index in [2.05, 4.69) is 162 Å². The van der Waals surface area contributed by atoms with Crippen LogP contribution in [0, 0.1) is 0 Å². The molecule has 6 rings (SSSR count). The maximum atomic E-state index is 5.75. The molecule has 1 aromatic heterocycles. The van der Waals surface area contributed by atoms with Gasteiger partial charge in [-0.15, -0.1) is 0 Å². The maximum Gasteiger partial charge on any atom is 0.206 e. The van der Waals surface area contributed by atoms with Gasteiger partial charge in [0.2, 0.25) is 6.71 Å². The molecule has 0 amide bonds. The second kappa shape index (κ2) is 14.3. The summed E-state index contributed by atoms with van der Waals surface area (Å²) in [7, 11) is 0.459. The largest absolute Gasteiger partial charge is 0.494 e. The van der Waals surface area contributed by atoms with Crippen LogP contribution in [0.2, 0.25) is 6.82 Å². The number of ether oxygens (including phenoxy) is 1. The first-order valence-corrected chi connectivity index (χ1v) is 15.4. The first-order chi connectivity index (χ1) is 20.7.